The summed E-state index contributed by atoms with van der Waals surface area (Å²) in [6.45, 7) is 3.32. The quantitative estimate of drug-likeness (QED) is 0.872. The highest BCUT2D eigenvalue weighted by Gasteiger charge is 2.29. The molecule has 2 aliphatic rings. The molecule has 0 radical (unpaired) electrons. The molecule has 3 nitrogen and oxygen atoms in total. The van der Waals surface area contributed by atoms with Gasteiger partial charge >= 0.3 is 0 Å². The van der Waals surface area contributed by atoms with Crippen LogP contribution in [0.15, 0.2) is 30.3 Å². The van der Waals surface area contributed by atoms with Gasteiger partial charge in [-0.3, -0.25) is 4.79 Å². The van der Waals surface area contributed by atoms with E-state index in [1.54, 1.807) is 0 Å². The van der Waals surface area contributed by atoms with Crippen LogP contribution in [0.1, 0.15) is 37.7 Å². The fourth-order valence-corrected chi connectivity index (χ4v) is 3.12. The summed E-state index contributed by atoms with van der Waals surface area (Å²) in [6.07, 6.45) is 6.80. The lowest BCUT2D eigenvalue weighted by Crippen LogP contribution is -2.41. The molecule has 1 aromatic rings. The van der Waals surface area contributed by atoms with Gasteiger partial charge < -0.3 is 10.2 Å². The Morgan fingerprint density at radius 2 is 1.81 bits per heavy atom. The van der Waals surface area contributed by atoms with Gasteiger partial charge in [0, 0.05) is 12.0 Å². The lowest BCUT2D eigenvalue weighted by Gasteiger charge is -2.31. The van der Waals surface area contributed by atoms with E-state index in [9.17, 15) is 4.79 Å². The van der Waals surface area contributed by atoms with Crippen LogP contribution in [0.25, 0.3) is 0 Å². The zero-order chi connectivity index (χ0) is 14.5. The molecule has 0 unspecified atom stereocenters. The lowest BCUT2D eigenvalue weighted by atomic mass is 9.95. The van der Waals surface area contributed by atoms with Crippen molar-refractivity contribution in [2.75, 3.05) is 19.6 Å². The molecule has 1 N–H and O–H groups in total. The standard InChI is InChI=1S/C18H26N2O/c21-18(19-17-8-9-17)16-10-13-20(14-11-16)12-4-7-15-5-2-1-3-6-15/h1-3,5-6,16-17H,4,7-14H2,(H,19,21). The van der Waals surface area contributed by atoms with E-state index in [1.165, 1.54) is 24.8 Å². The Kier molecular flexibility index (Phi) is 4.91. The Labute approximate surface area is 127 Å². The molecule has 1 aromatic carbocycles. The van der Waals surface area contributed by atoms with Gasteiger partial charge in [0.1, 0.15) is 0 Å². The van der Waals surface area contributed by atoms with Crippen LogP contribution >= 0.6 is 0 Å². The summed E-state index contributed by atoms with van der Waals surface area (Å²) in [5.41, 5.74) is 1.43. The van der Waals surface area contributed by atoms with Gasteiger partial charge in [-0.25, -0.2) is 0 Å². The highest BCUT2D eigenvalue weighted by Crippen LogP contribution is 2.22. The topological polar surface area (TPSA) is 32.3 Å². The lowest BCUT2D eigenvalue weighted by molar-refractivity contribution is -0.126. The number of amides is 1. The number of nitrogens with one attached hydrogen (secondary N) is 1. The molecule has 1 saturated carbocycles. The molecular weight excluding hydrogens is 260 g/mol. The highest BCUT2D eigenvalue weighted by molar-refractivity contribution is 5.79. The van der Waals surface area contributed by atoms with Crippen molar-refractivity contribution in [2.45, 2.75) is 44.6 Å². The van der Waals surface area contributed by atoms with Gasteiger partial charge in [0.15, 0.2) is 0 Å². The van der Waals surface area contributed by atoms with Gasteiger partial charge in [-0.15, -0.1) is 0 Å². The summed E-state index contributed by atoms with van der Waals surface area (Å²) >= 11 is 0. The third kappa shape index (κ3) is 4.57. The summed E-state index contributed by atoms with van der Waals surface area (Å²) in [4.78, 5) is 14.5. The van der Waals surface area contributed by atoms with Crippen LogP contribution < -0.4 is 5.32 Å². The van der Waals surface area contributed by atoms with Gasteiger partial charge in [0.2, 0.25) is 5.91 Å². The minimum atomic E-state index is 0.260. The van der Waals surface area contributed by atoms with Crippen LogP contribution in [-0.2, 0) is 11.2 Å². The molecule has 1 amide bonds. The van der Waals surface area contributed by atoms with E-state index in [-0.39, 0.29) is 5.92 Å². The van der Waals surface area contributed by atoms with Gasteiger partial charge in [-0.1, -0.05) is 30.3 Å². The second-order valence-corrected chi connectivity index (χ2v) is 6.49. The maximum absolute atomic E-state index is 12.0. The molecule has 1 aliphatic carbocycles. The van der Waals surface area contributed by atoms with Crippen molar-refractivity contribution < 1.29 is 4.79 Å². The molecule has 1 heterocycles. The first-order valence-corrected chi connectivity index (χ1v) is 8.38. The summed E-state index contributed by atoms with van der Waals surface area (Å²) < 4.78 is 0. The van der Waals surface area contributed by atoms with Gasteiger partial charge in [0.05, 0.1) is 0 Å². The predicted molar refractivity (Wildman–Crippen MR) is 85.1 cm³/mol. The Hall–Kier alpha value is -1.35. The first kappa shape index (κ1) is 14.6. The molecule has 0 bridgehead atoms. The van der Waals surface area contributed by atoms with Crippen LogP contribution in [-0.4, -0.2) is 36.5 Å². The first-order chi connectivity index (χ1) is 10.3. The average molecular weight is 286 g/mol. The molecule has 2 fully saturated rings. The molecular formula is C18H26N2O. The van der Waals surface area contributed by atoms with Crippen molar-refractivity contribution in [3.63, 3.8) is 0 Å². The maximum atomic E-state index is 12.0. The second kappa shape index (κ2) is 7.08. The summed E-state index contributed by atoms with van der Waals surface area (Å²) in [6, 6.07) is 11.2. The molecule has 0 aromatic heterocycles. The maximum Gasteiger partial charge on any atom is 0.223 e. The van der Waals surface area contributed by atoms with Crippen molar-refractivity contribution in [2.24, 2.45) is 5.92 Å². The van der Waals surface area contributed by atoms with Crippen LogP contribution in [0.4, 0.5) is 0 Å². The number of likely N-dealkylation sites (tertiary alicyclic amines) is 1. The van der Waals surface area contributed by atoms with Crippen LogP contribution in [0.5, 0.6) is 0 Å². The molecule has 3 rings (SSSR count). The fraction of sp³-hybridized carbons (Fsp3) is 0.611. The van der Waals surface area contributed by atoms with Crippen LogP contribution in [0.2, 0.25) is 0 Å². The van der Waals surface area contributed by atoms with Gasteiger partial charge in [0.25, 0.3) is 0 Å². The van der Waals surface area contributed by atoms with E-state index in [0.29, 0.717) is 11.9 Å². The number of carbonyl (C=O) groups is 1. The third-order valence-electron chi connectivity index (χ3n) is 4.66. The largest absolute Gasteiger partial charge is 0.353 e. The third-order valence-corrected chi connectivity index (χ3v) is 4.66. The zero-order valence-corrected chi connectivity index (χ0v) is 12.8. The van der Waals surface area contributed by atoms with Crippen molar-refractivity contribution in [3.05, 3.63) is 35.9 Å². The number of piperidine rings is 1. The number of benzene rings is 1. The zero-order valence-electron chi connectivity index (χ0n) is 12.8. The SMILES string of the molecule is O=C(NC1CC1)C1CCN(CCCc2ccccc2)CC1. The number of carbonyl (C=O) groups excluding carboxylic acids is 1. The van der Waals surface area contributed by atoms with Gasteiger partial charge in [-0.2, -0.15) is 0 Å². The number of aryl methyl sites for hydroxylation is 1. The Morgan fingerprint density at radius 1 is 1.10 bits per heavy atom. The minimum absolute atomic E-state index is 0.260. The van der Waals surface area contributed by atoms with E-state index in [1.807, 2.05) is 0 Å². The molecule has 0 atom stereocenters. The van der Waals surface area contributed by atoms with Crippen LogP contribution in [0.3, 0.4) is 0 Å². The smallest absolute Gasteiger partial charge is 0.223 e. The Morgan fingerprint density at radius 3 is 2.48 bits per heavy atom. The summed E-state index contributed by atoms with van der Waals surface area (Å²) in [7, 11) is 0. The molecule has 114 valence electrons. The summed E-state index contributed by atoms with van der Waals surface area (Å²) in [5.74, 6) is 0.567. The number of rotatable bonds is 6. The number of hydrogen-bond acceptors (Lipinski definition) is 2. The number of nitrogens with zero attached hydrogens (tertiary/aromatic N) is 1. The monoisotopic (exact) mass is 286 g/mol. The van der Waals surface area contributed by atoms with E-state index >= 15 is 0 Å². The molecule has 0 spiro atoms. The van der Waals surface area contributed by atoms with E-state index in [0.717, 1.165) is 38.9 Å². The van der Waals surface area contributed by atoms with Crippen molar-refractivity contribution >= 4 is 5.91 Å². The Balaban J connectivity index is 1.33. The summed E-state index contributed by atoms with van der Waals surface area (Å²) in [5, 5.41) is 3.15. The van der Waals surface area contributed by atoms with Crippen molar-refractivity contribution in [3.8, 4) is 0 Å². The van der Waals surface area contributed by atoms with Crippen LogP contribution in [0, 0.1) is 5.92 Å². The van der Waals surface area contributed by atoms with E-state index < -0.39 is 0 Å². The average Bonchev–Trinajstić information content (AvgIpc) is 3.33. The van der Waals surface area contributed by atoms with Crippen molar-refractivity contribution in [1.29, 1.82) is 0 Å². The molecule has 21 heavy (non-hydrogen) atoms. The van der Waals surface area contributed by atoms with E-state index in [4.69, 9.17) is 0 Å². The number of hydrogen-bond donors (Lipinski definition) is 1. The Bertz CT molecular complexity index is 448. The highest BCUT2D eigenvalue weighted by atomic mass is 16.2. The fourth-order valence-electron chi connectivity index (χ4n) is 3.12. The second-order valence-electron chi connectivity index (χ2n) is 6.49. The molecule has 1 saturated heterocycles. The van der Waals surface area contributed by atoms with Gasteiger partial charge in [-0.05, 0) is 63.7 Å². The van der Waals surface area contributed by atoms with Crippen molar-refractivity contribution in [1.82, 2.24) is 10.2 Å². The molecule has 3 heteroatoms. The normalized spacial score (nSPS) is 20.4. The first-order valence-electron chi connectivity index (χ1n) is 8.38. The van der Waals surface area contributed by atoms with E-state index in [2.05, 4.69) is 40.5 Å². The minimum Gasteiger partial charge on any atom is -0.353 e. The predicted octanol–water partition coefficient (Wildman–Crippen LogP) is 2.61. The molecule has 1 aliphatic heterocycles.